The van der Waals surface area contributed by atoms with Crippen molar-refractivity contribution in [1.82, 2.24) is 4.90 Å². The minimum atomic E-state index is -0.247. The topological polar surface area (TPSA) is 29.5 Å². The van der Waals surface area contributed by atoms with Crippen molar-refractivity contribution in [3.05, 3.63) is 6.92 Å². The summed E-state index contributed by atoms with van der Waals surface area (Å²) in [6.07, 6.45) is 6.55. The standard InChI is InChI=1S/C11H22NO2/c1-4-5-6-7-8-9-10-14-11(13)12(2)3/h1,4-10H2,2-3H3. The molecule has 0 aromatic rings. The molecule has 83 valence electrons. The van der Waals surface area contributed by atoms with Crippen LogP contribution >= 0.6 is 0 Å². The monoisotopic (exact) mass is 200 g/mol. The zero-order valence-corrected chi connectivity index (χ0v) is 9.42. The fourth-order valence-corrected chi connectivity index (χ4v) is 1.10. The molecule has 14 heavy (non-hydrogen) atoms. The summed E-state index contributed by atoms with van der Waals surface area (Å²) in [6.45, 7) is 4.33. The van der Waals surface area contributed by atoms with Gasteiger partial charge in [-0.2, -0.15) is 0 Å². The van der Waals surface area contributed by atoms with E-state index in [1.54, 1.807) is 14.1 Å². The van der Waals surface area contributed by atoms with E-state index in [9.17, 15) is 4.79 Å². The van der Waals surface area contributed by atoms with Gasteiger partial charge < -0.3 is 9.64 Å². The van der Waals surface area contributed by atoms with Gasteiger partial charge in [-0.1, -0.05) is 39.0 Å². The van der Waals surface area contributed by atoms with Gasteiger partial charge in [-0.15, -0.1) is 0 Å². The van der Waals surface area contributed by atoms with Crippen LogP contribution in [0.25, 0.3) is 0 Å². The van der Waals surface area contributed by atoms with Crippen LogP contribution in [0.3, 0.4) is 0 Å². The first-order chi connectivity index (χ1) is 6.68. The van der Waals surface area contributed by atoms with E-state index in [1.807, 2.05) is 0 Å². The molecule has 0 spiro atoms. The lowest BCUT2D eigenvalue weighted by molar-refractivity contribution is 0.116. The first-order valence-corrected chi connectivity index (χ1v) is 5.31. The van der Waals surface area contributed by atoms with Crippen molar-refractivity contribution in [3.63, 3.8) is 0 Å². The highest BCUT2D eigenvalue weighted by atomic mass is 16.6. The quantitative estimate of drug-likeness (QED) is 0.591. The van der Waals surface area contributed by atoms with Gasteiger partial charge >= 0.3 is 6.09 Å². The Kier molecular flexibility index (Phi) is 8.39. The van der Waals surface area contributed by atoms with Gasteiger partial charge in [0.2, 0.25) is 0 Å². The van der Waals surface area contributed by atoms with E-state index in [0.29, 0.717) is 6.61 Å². The molecular weight excluding hydrogens is 178 g/mol. The van der Waals surface area contributed by atoms with E-state index >= 15 is 0 Å². The maximum atomic E-state index is 11.0. The van der Waals surface area contributed by atoms with Crippen molar-refractivity contribution in [1.29, 1.82) is 0 Å². The zero-order chi connectivity index (χ0) is 10.8. The second kappa shape index (κ2) is 8.85. The van der Waals surface area contributed by atoms with E-state index in [-0.39, 0.29) is 6.09 Å². The van der Waals surface area contributed by atoms with Gasteiger partial charge in [0.05, 0.1) is 6.61 Å². The predicted octanol–water partition coefficient (Wildman–Crippen LogP) is 2.86. The van der Waals surface area contributed by atoms with Gasteiger partial charge in [0, 0.05) is 14.1 Å². The molecule has 1 radical (unpaired) electrons. The van der Waals surface area contributed by atoms with Gasteiger partial charge in [0.25, 0.3) is 0 Å². The second-order valence-electron chi connectivity index (χ2n) is 3.63. The van der Waals surface area contributed by atoms with Crippen LogP contribution in [0.15, 0.2) is 0 Å². The molecule has 0 atom stereocenters. The number of carbonyl (C=O) groups is 1. The van der Waals surface area contributed by atoms with Crippen LogP contribution in [0.5, 0.6) is 0 Å². The van der Waals surface area contributed by atoms with Crippen LogP contribution in [0, 0.1) is 6.92 Å². The van der Waals surface area contributed by atoms with Crippen LogP contribution in [0.2, 0.25) is 0 Å². The van der Waals surface area contributed by atoms with Gasteiger partial charge in [0.15, 0.2) is 0 Å². The Morgan fingerprint density at radius 2 is 1.71 bits per heavy atom. The minimum absolute atomic E-state index is 0.247. The minimum Gasteiger partial charge on any atom is -0.449 e. The fourth-order valence-electron chi connectivity index (χ4n) is 1.10. The van der Waals surface area contributed by atoms with Crippen molar-refractivity contribution < 1.29 is 9.53 Å². The van der Waals surface area contributed by atoms with Crippen LogP contribution in [0.1, 0.15) is 38.5 Å². The van der Waals surface area contributed by atoms with E-state index in [1.165, 1.54) is 24.2 Å². The molecular formula is C11H22NO2. The zero-order valence-electron chi connectivity index (χ0n) is 9.42. The Bertz CT molecular complexity index is 146. The molecule has 0 aliphatic heterocycles. The molecule has 0 bridgehead atoms. The summed E-state index contributed by atoms with van der Waals surface area (Å²) in [6, 6.07) is 0. The molecule has 0 saturated carbocycles. The summed E-state index contributed by atoms with van der Waals surface area (Å²) in [7, 11) is 3.38. The van der Waals surface area contributed by atoms with E-state index in [0.717, 1.165) is 19.3 Å². The molecule has 3 nitrogen and oxygen atoms in total. The lowest BCUT2D eigenvalue weighted by Crippen LogP contribution is -2.23. The van der Waals surface area contributed by atoms with Gasteiger partial charge in [-0.25, -0.2) is 4.79 Å². The maximum Gasteiger partial charge on any atom is 0.409 e. The van der Waals surface area contributed by atoms with E-state index in [2.05, 4.69) is 6.92 Å². The Hall–Kier alpha value is -0.730. The Morgan fingerprint density at radius 3 is 2.29 bits per heavy atom. The smallest absolute Gasteiger partial charge is 0.409 e. The summed E-state index contributed by atoms with van der Waals surface area (Å²) in [5, 5.41) is 0. The fraction of sp³-hybridized carbons (Fsp3) is 0.818. The summed E-state index contributed by atoms with van der Waals surface area (Å²) in [4.78, 5) is 12.4. The first-order valence-electron chi connectivity index (χ1n) is 5.31. The third kappa shape index (κ3) is 7.90. The lowest BCUT2D eigenvalue weighted by Gasteiger charge is -2.10. The molecule has 0 heterocycles. The number of rotatable bonds is 7. The molecule has 3 heteroatoms. The van der Waals surface area contributed by atoms with Crippen molar-refractivity contribution in [2.24, 2.45) is 0 Å². The molecule has 0 aliphatic rings. The third-order valence-corrected chi connectivity index (χ3v) is 1.99. The summed E-state index contributed by atoms with van der Waals surface area (Å²) < 4.78 is 4.98. The molecule has 0 aliphatic carbocycles. The normalized spacial score (nSPS) is 9.93. The van der Waals surface area contributed by atoms with Crippen LogP contribution in [0.4, 0.5) is 4.79 Å². The maximum absolute atomic E-state index is 11.0. The number of unbranched alkanes of at least 4 members (excludes halogenated alkanes) is 5. The number of amides is 1. The molecule has 0 aromatic heterocycles. The lowest BCUT2D eigenvalue weighted by atomic mass is 10.1. The molecule has 0 unspecified atom stereocenters. The van der Waals surface area contributed by atoms with Gasteiger partial charge in [-0.3, -0.25) is 0 Å². The Labute approximate surface area is 87.4 Å². The highest BCUT2D eigenvalue weighted by Gasteiger charge is 2.02. The molecule has 0 aromatic carbocycles. The van der Waals surface area contributed by atoms with Gasteiger partial charge in [-0.05, 0) is 6.42 Å². The number of hydrogen-bond donors (Lipinski definition) is 0. The number of nitrogens with zero attached hydrogens (tertiary/aromatic N) is 1. The third-order valence-electron chi connectivity index (χ3n) is 1.99. The van der Waals surface area contributed by atoms with Crippen molar-refractivity contribution >= 4 is 6.09 Å². The summed E-state index contributed by atoms with van der Waals surface area (Å²) in [5.41, 5.74) is 0. The average molecular weight is 200 g/mol. The average Bonchev–Trinajstić information content (AvgIpc) is 2.16. The molecule has 1 amide bonds. The van der Waals surface area contributed by atoms with Crippen LogP contribution in [-0.4, -0.2) is 31.7 Å². The first kappa shape index (κ1) is 13.3. The molecule has 0 rings (SSSR count). The number of hydrogen-bond acceptors (Lipinski definition) is 2. The van der Waals surface area contributed by atoms with Crippen molar-refractivity contribution in [3.8, 4) is 0 Å². The van der Waals surface area contributed by atoms with Crippen molar-refractivity contribution in [2.75, 3.05) is 20.7 Å². The largest absolute Gasteiger partial charge is 0.449 e. The highest BCUT2D eigenvalue weighted by molar-refractivity contribution is 5.66. The molecule has 0 fully saturated rings. The number of carbonyl (C=O) groups excluding carboxylic acids is 1. The van der Waals surface area contributed by atoms with Crippen LogP contribution < -0.4 is 0 Å². The summed E-state index contributed by atoms with van der Waals surface area (Å²) >= 11 is 0. The highest BCUT2D eigenvalue weighted by Crippen LogP contribution is 2.04. The number of ether oxygens (including phenoxy) is 1. The van der Waals surface area contributed by atoms with E-state index < -0.39 is 0 Å². The van der Waals surface area contributed by atoms with E-state index in [4.69, 9.17) is 4.74 Å². The Balaban J connectivity index is 3.10. The van der Waals surface area contributed by atoms with Crippen molar-refractivity contribution in [2.45, 2.75) is 38.5 Å². The summed E-state index contributed by atoms with van der Waals surface area (Å²) in [5.74, 6) is 0. The molecule has 0 saturated heterocycles. The van der Waals surface area contributed by atoms with Gasteiger partial charge in [0.1, 0.15) is 0 Å². The SMILES string of the molecule is [CH2]CCCCCCCOC(=O)N(C)C. The Morgan fingerprint density at radius 1 is 1.14 bits per heavy atom. The molecule has 0 N–H and O–H groups in total. The van der Waals surface area contributed by atoms with Crippen LogP contribution in [-0.2, 0) is 4.74 Å². The predicted molar refractivity (Wildman–Crippen MR) is 58.1 cm³/mol. The second-order valence-corrected chi connectivity index (χ2v) is 3.63.